The predicted molar refractivity (Wildman–Crippen MR) is 67.7 cm³/mol. The van der Waals surface area contributed by atoms with Crippen LogP contribution in [0.5, 0.6) is 0 Å². The van der Waals surface area contributed by atoms with Crippen LogP contribution in [-0.2, 0) is 11.8 Å². The number of hydrogen-bond donors (Lipinski definition) is 0. The molecule has 0 amide bonds. The molecule has 2 aromatic rings. The third-order valence-corrected chi connectivity index (χ3v) is 2.94. The Morgan fingerprint density at radius 3 is 2.88 bits per heavy atom. The number of nitrogens with zero attached hydrogens (tertiary/aromatic N) is 2. The van der Waals surface area contributed by atoms with E-state index in [4.69, 9.17) is 4.74 Å². The fourth-order valence-electron chi connectivity index (χ4n) is 1.67. The lowest BCUT2D eigenvalue weighted by Crippen LogP contribution is -2.03. The van der Waals surface area contributed by atoms with Crippen LogP contribution in [0.4, 0.5) is 0 Å². The fraction of sp³-hybridized carbons (Fsp3) is 0.167. The van der Waals surface area contributed by atoms with Gasteiger partial charge in [0.25, 0.3) is 0 Å². The van der Waals surface area contributed by atoms with Gasteiger partial charge in [-0.25, -0.2) is 4.79 Å². The molecule has 0 N–H and O–H groups in total. The monoisotopic (exact) mass is 294 g/mol. The van der Waals surface area contributed by atoms with Crippen molar-refractivity contribution in [2.24, 2.45) is 7.05 Å². The van der Waals surface area contributed by atoms with E-state index in [0.29, 0.717) is 5.56 Å². The number of carbonyl (C=O) groups is 1. The molecule has 17 heavy (non-hydrogen) atoms. The molecule has 0 unspecified atom stereocenters. The Hall–Kier alpha value is -1.62. The summed E-state index contributed by atoms with van der Waals surface area (Å²) >= 11 is 3.41. The van der Waals surface area contributed by atoms with E-state index in [9.17, 15) is 4.79 Å². The molecule has 0 aliphatic rings. The second-order valence-corrected chi connectivity index (χ2v) is 4.45. The van der Waals surface area contributed by atoms with Crippen molar-refractivity contribution in [2.75, 3.05) is 7.11 Å². The topological polar surface area (TPSA) is 44.1 Å². The molecule has 88 valence electrons. The van der Waals surface area contributed by atoms with Gasteiger partial charge in [-0.1, -0.05) is 28.1 Å². The van der Waals surface area contributed by atoms with Gasteiger partial charge < -0.3 is 4.74 Å². The molecule has 0 bridgehead atoms. The van der Waals surface area contributed by atoms with Gasteiger partial charge in [0.2, 0.25) is 0 Å². The molecule has 4 nitrogen and oxygen atoms in total. The molecule has 2 rings (SSSR count). The number of rotatable bonds is 2. The zero-order valence-corrected chi connectivity index (χ0v) is 11.1. The Morgan fingerprint density at radius 2 is 2.24 bits per heavy atom. The summed E-state index contributed by atoms with van der Waals surface area (Å²) in [5, 5.41) is 4.09. The van der Waals surface area contributed by atoms with Crippen LogP contribution >= 0.6 is 15.9 Å². The number of halogens is 1. The van der Waals surface area contributed by atoms with Gasteiger partial charge in [0.15, 0.2) is 0 Å². The number of methoxy groups -OCH3 is 1. The average molecular weight is 295 g/mol. The number of ether oxygens (including phenoxy) is 1. The maximum atomic E-state index is 11.6. The van der Waals surface area contributed by atoms with Crippen molar-refractivity contribution in [3.05, 3.63) is 40.5 Å². The third-order valence-electron chi connectivity index (χ3n) is 2.44. The maximum Gasteiger partial charge on any atom is 0.341 e. The number of carbonyl (C=O) groups excluding carboxylic acids is 1. The molecule has 1 aromatic carbocycles. The molecule has 1 aromatic heterocycles. The van der Waals surface area contributed by atoms with E-state index in [1.165, 1.54) is 13.3 Å². The minimum Gasteiger partial charge on any atom is -0.465 e. The minimum absolute atomic E-state index is 0.381. The lowest BCUT2D eigenvalue weighted by atomic mass is 10.1. The number of benzene rings is 1. The Bertz CT molecular complexity index is 563. The highest BCUT2D eigenvalue weighted by molar-refractivity contribution is 9.10. The van der Waals surface area contributed by atoms with Gasteiger partial charge in [-0.2, -0.15) is 5.10 Å². The summed E-state index contributed by atoms with van der Waals surface area (Å²) in [6, 6.07) is 7.70. The van der Waals surface area contributed by atoms with Crippen LogP contribution in [0.15, 0.2) is 34.9 Å². The fourth-order valence-corrected chi connectivity index (χ4v) is 2.07. The molecule has 0 atom stereocenters. The van der Waals surface area contributed by atoms with Crippen molar-refractivity contribution in [3.8, 4) is 11.3 Å². The zero-order valence-electron chi connectivity index (χ0n) is 9.48. The first-order chi connectivity index (χ1) is 8.13. The lowest BCUT2D eigenvalue weighted by molar-refractivity contribution is 0.0601. The summed E-state index contributed by atoms with van der Waals surface area (Å²) in [6.07, 6.45) is 1.52. The Kier molecular flexibility index (Phi) is 3.28. The van der Waals surface area contributed by atoms with E-state index in [2.05, 4.69) is 21.0 Å². The molecule has 0 radical (unpaired) electrons. The second kappa shape index (κ2) is 4.71. The molecule has 0 fully saturated rings. The summed E-state index contributed by atoms with van der Waals surface area (Å²) in [5.74, 6) is -0.381. The molecule has 0 spiro atoms. The number of aryl methyl sites for hydroxylation is 1. The molecule has 0 saturated carbocycles. The van der Waals surface area contributed by atoms with Gasteiger partial charge in [-0.05, 0) is 12.1 Å². The average Bonchev–Trinajstić information content (AvgIpc) is 2.70. The van der Waals surface area contributed by atoms with Gasteiger partial charge in [0.1, 0.15) is 5.56 Å². The van der Waals surface area contributed by atoms with Crippen LogP contribution in [0.2, 0.25) is 0 Å². The SMILES string of the molecule is COC(=O)c1cnn(C)c1-c1cccc(Br)c1. The number of esters is 1. The van der Waals surface area contributed by atoms with Crippen LogP contribution in [0.1, 0.15) is 10.4 Å². The van der Waals surface area contributed by atoms with Crippen molar-refractivity contribution in [1.82, 2.24) is 9.78 Å². The van der Waals surface area contributed by atoms with E-state index in [1.807, 2.05) is 24.3 Å². The van der Waals surface area contributed by atoms with E-state index in [-0.39, 0.29) is 5.97 Å². The Balaban J connectivity index is 2.58. The van der Waals surface area contributed by atoms with Gasteiger partial charge in [-0.15, -0.1) is 0 Å². The first kappa shape index (κ1) is 11.9. The first-order valence-electron chi connectivity index (χ1n) is 4.99. The van der Waals surface area contributed by atoms with Crippen LogP contribution in [0.25, 0.3) is 11.3 Å². The summed E-state index contributed by atoms with van der Waals surface area (Å²) in [6.45, 7) is 0. The van der Waals surface area contributed by atoms with Crippen molar-refractivity contribution in [3.63, 3.8) is 0 Å². The molecule has 5 heteroatoms. The van der Waals surface area contributed by atoms with Gasteiger partial charge in [0, 0.05) is 17.1 Å². The second-order valence-electron chi connectivity index (χ2n) is 3.53. The molecule has 0 aliphatic heterocycles. The van der Waals surface area contributed by atoms with Crippen LogP contribution in [0, 0.1) is 0 Å². The number of aromatic nitrogens is 2. The summed E-state index contributed by atoms with van der Waals surface area (Å²) in [7, 11) is 3.16. The summed E-state index contributed by atoms with van der Waals surface area (Å²) < 4.78 is 7.35. The molecule has 0 aliphatic carbocycles. The van der Waals surface area contributed by atoms with Crippen molar-refractivity contribution >= 4 is 21.9 Å². The lowest BCUT2D eigenvalue weighted by Gasteiger charge is -2.05. The molecular weight excluding hydrogens is 284 g/mol. The smallest absolute Gasteiger partial charge is 0.341 e. The summed E-state index contributed by atoms with van der Waals surface area (Å²) in [5.41, 5.74) is 2.13. The normalized spacial score (nSPS) is 10.3. The highest BCUT2D eigenvalue weighted by Gasteiger charge is 2.17. The first-order valence-corrected chi connectivity index (χ1v) is 5.79. The quantitative estimate of drug-likeness (QED) is 0.800. The van der Waals surface area contributed by atoms with Crippen LogP contribution in [0.3, 0.4) is 0 Å². The van der Waals surface area contributed by atoms with E-state index < -0.39 is 0 Å². The largest absolute Gasteiger partial charge is 0.465 e. The molecular formula is C12H11BrN2O2. The van der Waals surface area contributed by atoms with E-state index in [1.54, 1.807) is 11.7 Å². The highest BCUT2D eigenvalue weighted by Crippen LogP contribution is 2.26. The van der Waals surface area contributed by atoms with Crippen molar-refractivity contribution in [1.29, 1.82) is 0 Å². The standard InChI is InChI=1S/C12H11BrN2O2/c1-15-11(8-4-3-5-9(13)6-8)10(7-14-15)12(16)17-2/h3-7H,1-2H3. The van der Waals surface area contributed by atoms with Gasteiger partial charge in [-0.3, -0.25) is 4.68 Å². The minimum atomic E-state index is -0.381. The Labute approximate surface area is 107 Å². The Morgan fingerprint density at radius 1 is 1.47 bits per heavy atom. The van der Waals surface area contributed by atoms with Crippen molar-refractivity contribution < 1.29 is 9.53 Å². The molecule has 0 saturated heterocycles. The zero-order chi connectivity index (χ0) is 12.4. The van der Waals surface area contributed by atoms with Gasteiger partial charge >= 0.3 is 5.97 Å². The molecule has 1 heterocycles. The maximum absolute atomic E-state index is 11.6. The highest BCUT2D eigenvalue weighted by atomic mass is 79.9. The summed E-state index contributed by atoms with van der Waals surface area (Å²) in [4.78, 5) is 11.6. The van der Waals surface area contributed by atoms with Crippen molar-refractivity contribution in [2.45, 2.75) is 0 Å². The van der Waals surface area contributed by atoms with E-state index in [0.717, 1.165) is 15.7 Å². The van der Waals surface area contributed by atoms with E-state index >= 15 is 0 Å². The van der Waals surface area contributed by atoms with Crippen LogP contribution < -0.4 is 0 Å². The third kappa shape index (κ3) is 2.24. The van der Waals surface area contributed by atoms with Gasteiger partial charge in [0.05, 0.1) is 19.0 Å². The van der Waals surface area contributed by atoms with Crippen LogP contribution in [-0.4, -0.2) is 22.9 Å². The predicted octanol–water partition coefficient (Wildman–Crippen LogP) is 2.64. The number of hydrogen-bond acceptors (Lipinski definition) is 3.